The van der Waals surface area contributed by atoms with Gasteiger partial charge in [-0.3, -0.25) is 9.78 Å². The number of aromatic nitrogens is 1. The molecule has 2 rings (SSSR count). The third-order valence-electron chi connectivity index (χ3n) is 3.37. The van der Waals surface area contributed by atoms with Crippen LogP contribution in [-0.2, 0) is 16.1 Å². The number of hydrogen-bond acceptors (Lipinski definition) is 3. The minimum absolute atomic E-state index is 0.214. The Balaban J connectivity index is 1.81. The second-order valence-electron chi connectivity index (χ2n) is 4.87. The van der Waals surface area contributed by atoms with E-state index < -0.39 is 0 Å². The van der Waals surface area contributed by atoms with E-state index in [4.69, 9.17) is 4.74 Å². The Morgan fingerprint density at radius 1 is 1.50 bits per heavy atom. The van der Waals surface area contributed by atoms with Gasteiger partial charge in [0, 0.05) is 45.6 Å². The highest BCUT2D eigenvalue weighted by Crippen LogP contribution is 2.19. The van der Waals surface area contributed by atoms with Crippen molar-refractivity contribution in [1.82, 2.24) is 9.88 Å². The summed E-state index contributed by atoms with van der Waals surface area (Å²) in [7, 11) is 1.86. The van der Waals surface area contributed by atoms with Crippen LogP contribution < -0.4 is 0 Å². The van der Waals surface area contributed by atoms with Crippen LogP contribution in [0.25, 0.3) is 0 Å². The molecule has 1 saturated heterocycles. The summed E-state index contributed by atoms with van der Waals surface area (Å²) in [5, 5.41) is 0. The monoisotopic (exact) mass is 248 g/mol. The number of hydrogen-bond donors (Lipinski definition) is 0. The molecule has 1 aromatic rings. The second-order valence-corrected chi connectivity index (χ2v) is 4.87. The molecule has 1 aromatic heterocycles. The maximum Gasteiger partial charge on any atom is 0.222 e. The number of carbonyl (C=O) groups excluding carboxylic acids is 1. The highest BCUT2D eigenvalue weighted by Gasteiger charge is 2.19. The van der Waals surface area contributed by atoms with Crippen LogP contribution >= 0.6 is 0 Å². The van der Waals surface area contributed by atoms with Crippen molar-refractivity contribution >= 4 is 5.91 Å². The van der Waals surface area contributed by atoms with Crippen LogP contribution in [0.1, 0.15) is 24.8 Å². The number of nitrogens with zero attached hydrogens (tertiary/aromatic N) is 2. The molecule has 1 aliphatic heterocycles. The summed E-state index contributed by atoms with van der Waals surface area (Å²) in [4.78, 5) is 17.9. The lowest BCUT2D eigenvalue weighted by atomic mass is 9.96. The average Bonchev–Trinajstić information content (AvgIpc) is 2.41. The summed E-state index contributed by atoms with van der Waals surface area (Å²) in [6, 6.07) is 3.89. The van der Waals surface area contributed by atoms with E-state index in [0.29, 0.717) is 18.9 Å². The predicted molar refractivity (Wildman–Crippen MR) is 68.9 cm³/mol. The molecule has 4 nitrogen and oxygen atoms in total. The fourth-order valence-corrected chi connectivity index (χ4v) is 2.21. The predicted octanol–water partition coefficient (Wildman–Crippen LogP) is 1.86. The quantitative estimate of drug-likeness (QED) is 0.816. The van der Waals surface area contributed by atoms with Gasteiger partial charge >= 0.3 is 0 Å². The molecule has 18 heavy (non-hydrogen) atoms. The van der Waals surface area contributed by atoms with Gasteiger partial charge in [-0.25, -0.2) is 0 Å². The zero-order valence-corrected chi connectivity index (χ0v) is 10.8. The Labute approximate surface area is 108 Å². The van der Waals surface area contributed by atoms with Crippen LogP contribution in [0.5, 0.6) is 0 Å². The number of pyridine rings is 1. The molecule has 4 heteroatoms. The van der Waals surface area contributed by atoms with Gasteiger partial charge in [0.25, 0.3) is 0 Å². The van der Waals surface area contributed by atoms with E-state index in [1.54, 1.807) is 17.3 Å². The van der Waals surface area contributed by atoms with E-state index in [1.165, 1.54) is 0 Å². The molecule has 0 spiro atoms. The summed E-state index contributed by atoms with van der Waals surface area (Å²) < 4.78 is 5.30. The lowest BCUT2D eigenvalue weighted by Gasteiger charge is -2.24. The Morgan fingerprint density at radius 3 is 2.94 bits per heavy atom. The van der Waals surface area contributed by atoms with Crippen molar-refractivity contribution in [2.24, 2.45) is 5.92 Å². The molecule has 0 N–H and O–H groups in total. The normalized spacial score (nSPS) is 16.5. The highest BCUT2D eigenvalue weighted by atomic mass is 16.5. The van der Waals surface area contributed by atoms with Crippen molar-refractivity contribution < 1.29 is 9.53 Å². The molecule has 0 saturated carbocycles. The number of ether oxygens (including phenoxy) is 1. The van der Waals surface area contributed by atoms with Crippen LogP contribution in [0.4, 0.5) is 0 Å². The van der Waals surface area contributed by atoms with Crippen LogP contribution in [0.3, 0.4) is 0 Å². The first-order chi connectivity index (χ1) is 8.75. The van der Waals surface area contributed by atoms with Crippen LogP contribution in [-0.4, -0.2) is 36.1 Å². The smallest absolute Gasteiger partial charge is 0.222 e. The lowest BCUT2D eigenvalue weighted by molar-refractivity contribution is -0.132. The van der Waals surface area contributed by atoms with Gasteiger partial charge in [-0.05, 0) is 30.4 Å². The first-order valence-electron chi connectivity index (χ1n) is 6.46. The van der Waals surface area contributed by atoms with Crippen LogP contribution in [0, 0.1) is 5.92 Å². The number of amides is 1. The fourth-order valence-electron chi connectivity index (χ4n) is 2.21. The zero-order chi connectivity index (χ0) is 12.8. The molecule has 2 heterocycles. The molecule has 0 unspecified atom stereocenters. The summed E-state index contributed by atoms with van der Waals surface area (Å²) >= 11 is 0. The van der Waals surface area contributed by atoms with E-state index in [9.17, 15) is 4.79 Å². The molecular weight excluding hydrogens is 228 g/mol. The lowest BCUT2D eigenvalue weighted by Crippen LogP contribution is -2.29. The van der Waals surface area contributed by atoms with Crippen LogP contribution in [0.15, 0.2) is 24.5 Å². The van der Waals surface area contributed by atoms with Gasteiger partial charge in [-0.1, -0.05) is 6.07 Å². The van der Waals surface area contributed by atoms with Crippen molar-refractivity contribution in [3.05, 3.63) is 30.1 Å². The van der Waals surface area contributed by atoms with E-state index in [2.05, 4.69) is 4.98 Å². The second kappa shape index (κ2) is 6.50. The van der Waals surface area contributed by atoms with Gasteiger partial charge < -0.3 is 9.64 Å². The summed E-state index contributed by atoms with van der Waals surface area (Å²) in [5.74, 6) is 0.702. The minimum atomic E-state index is 0.214. The standard InChI is InChI=1S/C14H20N2O2/c1-16(11-13-3-2-6-15-10-13)14(17)9-12-4-7-18-8-5-12/h2-3,6,10,12H,4-5,7-9,11H2,1H3. The van der Waals surface area contributed by atoms with E-state index in [0.717, 1.165) is 31.6 Å². The third kappa shape index (κ3) is 3.81. The van der Waals surface area contributed by atoms with E-state index in [1.807, 2.05) is 19.2 Å². The highest BCUT2D eigenvalue weighted by molar-refractivity contribution is 5.76. The Kier molecular flexibility index (Phi) is 4.70. The van der Waals surface area contributed by atoms with Crippen molar-refractivity contribution in [1.29, 1.82) is 0 Å². The van der Waals surface area contributed by atoms with Gasteiger partial charge in [0.2, 0.25) is 5.91 Å². The van der Waals surface area contributed by atoms with Gasteiger partial charge in [0.1, 0.15) is 0 Å². The maximum atomic E-state index is 12.1. The van der Waals surface area contributed by atoms with E-state index in [-0.39, 0.29) is 5.91 Å². The topological polar surface area (TPSA) is 42.4 Å². The molecule has 1 aliphatic rings. The molecule has 1 amide bonds. The molecule has 0 bridgehead atoms. The zero-order valence-electron chi connectivity index (χ0n) is 10.8. The minimum Gasteiger partial charge on any atom is -0.381 e. The first-order valence-corrected chi connectivity index (χ1v) is 6.46. The molecule has 0 atom stereocenters. The molecule has 0 aromatic carbocycles. The van der Waals surface area contributed by atoms with Crippen LogP contribution in [0.2, 0.25) is 0 Å². The molecular formula is C14H20N2O2. The molecule has 0 aliphatic carbocycles. The van der Waals surface area contributed by atoms with Gasteiger partial charge in [0.15, 0.2) is 0 Å². The van der Waals surface area contributed by atoms with E-state index >= 15 is 0 Å². The Bertz CT molecular complexity index is 375. The summed E-state index contributed by atoms with van der Waals surface area (Å²) in [6.07, 6.45) is 6.20. The maximum absolute atomic E-state index is 12.1. The third-order valence-corrected chi connectivity index (χ3v) is 3.37. The van der Waals surface area contributed by atoms with Gasteiger partial charge in [0.05, 0.1) is 0 Å². The Morgan fingerprint density at radius 2 is 2.28 bits per heavy atom. The van der Waals surface area contributed by atoms with Crippen molar-refractivity contribution in [2.45, 2.75) is 25.8 Å². The number of carbonyl (C=O) groups is 1. The fraction of sp³-hybridized carbons (Fsp3) is 0.571. The number of rotatable bonds is 4. The molecule has 1 fully saturated rings. The van der Waals surface area contributed by atoms with Gasteiger partial charge in [-0.2, -0.15) is 0 Å². The average molecular weight is 248 g/mol. The van der Waals surface area contributed by atoms with Gasteiger partial charge in [-0.15, -0.1) is 0 Å². The largest absolute Gasteiger partial charge is 0.381 e. The summed E-state index contributed by atoms with van der Waals surface area (Å²) in [5.41, 5.74) is 1.07. The van der Waals surface area contributed by atoms with Crippen molar-refractivity contribution in [2.75, 3.05) is 20.3 Å². The Hall–Kier alpha value is -1.42. The molecule has 0 radical (unpaired) electrons. The van der Waals surface area contributed by atoms with Crippen molar-refractivity contribution in [3.63, 3.8) is 0 Å². The van der Waals surface area contributed by atoms with Crippen molar-refractivity contribution in [3.8, 4) is 0 Å². The molecule has 98 valence electrons. The summed E-state index contributed by atoms with van der Waals surface area (Å²) in [6.45, 7) is 2.23. The first kappa shape index (κ1) is 13.0. The SMILES string of the molecule is CN(Cc1cccnc1)C(=O)CC1CCOCC1.